The molecule has 1 atom stereocenters. The standard InChI is InChI=1S/C6H11ClN2O/c7-9-6(10)4-5-2-1-3-8-5/h5,8H,1-4H2,(H,9,10). The van der Waals surface area contributed by atoms with Gasteiger partial charge >= 0.3 is 0 Å². The molecule has 58 valence electrons. The fourth-order valence-electron chi connectivity index (χ4n) is 1.19. The average Bonchev–Trinajstić information content (AvgIpc) is 2.40. The van der Waals surface area contributed by atoms with Gasteiger partial charge in [-0.3, -0.25) is 9.63 Å². The van der Waals surface area contributed by atoms with E-state index in [0.717, 1.165) is 13.0 Å². The largest absolute Gasteiger partial charge is 0.313 e. The van der Waals surface area contributed by atoms with Crippen LogP contribution in [0.5, 0.6) is 0 Å². The minimum atomic E-state index is -0.0962. The number of hydrogen-bond acceptors (Lipinski definition) is 2. The molecule has 1 heterocycles. The second-order valence-electron chi connectivity index (χ2n) is 2.52. The lowest BCUT2D eigenvalue weighted by atomic mass is 10.1. The van der Waals surface area contributed by atoms with Gasteiger partial charge in [-0.2, -0.15) is 0 Å². The van der Waals surface area contributed by atoms with Crippen LogP contribution in [0.1, 0.15) is 19.3 Å². The number of hydrogen-bond donors (Lipinski definition) is 2. The normalized spacial score (nSPS) is 24.7. The molecular formula is C6H11ClN2O. The molecule has 3 nitrogen and oxygen atoms in total. The Kier molecular flexibility index (Phi) is 2.96. The van der Waals surface area contributed by atoms with Crippen LogP contribution < -0.4 is 10.2 Å². The van der Waals surface area contributed by atoms with Crippen LogP contribution in [0.4, 0.5) is 0 Å². The molecule has 4 heteroatoms. The van der Waals surface area contributed by atoms with Crippen LogP contribution >= 0.6 is 11.8 Å². The second kappa shape index (κ2) is 3.78. The van der Waals surface area contributed by atoms with Crippen LogP contribution in [0.15, 0.2) is 0 Å². The molecule has 0 aromatic heterocycles. The maximum atomic E-state index is 10.7. The Morgan fingerprint density at radius 2 is 2.60 bits per heavy atom. The number of amides is 1. The van der Waals surface area contributed by atoms with Crippen LogP contribution in [0.2, 0.25) is 0 Å². The van der Waals surface area contributed by atoms with Crippen molar-refractivity contribution in [2.24, 2.45) is 0 Å². The van der Waals surface area contributed by atoms with Crippen molar-refractivity contribution in [1.82, 2.24) is 10.2 Å². The molecule has 0 bridgehead atoms. The number of nitrogens with one attached hydrogen (secondary N) is 2. The van der Waals surface area contributed by atoms with Gasteiger partial charge in [0, 0.05) is 24.2 Å². The zero-order valence-corrected chi connectivity index (χ0v) is 6.45. The van der Waals surface area contributed by atoms with Gasteiger partial charge in [0.05, 0.1) is 0 Å². The van der Waals surface area contributed by atoms with Crippen LogP contribution in [0.25, 0.3) is 0 Å². The molecule has 2 N–H and O–H groups in total. The summed E-state index contributed by atoms with van der Waals surface area (Å²) >= 11 is 5.10. The summed E-state index contributed by atoms with van der Waals surface area (Å²) in [6, 6.07) is 0.346. The molecule has 0 saturated carbocycles. The highest BCUT2D eigenvalue weighted by Gasteiger charge is 2.16. The molecule has 1 saturated heterocycles. The Morgan fingerprint density at radius 3 is 3.10 bits per heavy atom. The van der Waals surface area contributed by atoms with Crippen molar-refractivity contribution in [3.8, 4) is 0 Å². The molecule has 1 aliphatic heterocycles. The van der Waals surface area contributed by atoms with Gasteiger partial charge in [-0.05, 0) is 19.4 Å². The molecule has 1 aliphatic rings. The van der Waals surface area contributed by atoms with E-state index in [-0.39, 0.29) is 5.91 Å². The summed E-state index contributed by atoms with van der Waals surface area (Å²) in [5, 5.41) is 3.20. The molecule has 0 aromatic carbocycles. The van der Waals surface area contributed by atoms with E-state index >= 15 is 0 Å². The van der Waals surface area contributed by atoms with Crippen molar-refractivity contribution < 1.29 is 4.79 Å². The average molecular weight is 163 g/mol. The predicted octanol–water partition coefficient (Wildman–Crippen LogP) is 0.398. The summed E-state index contributed by atoms with van der Waals surface area (Å²) in [5.74, 6) is -0.0962. The minimum Gasteiger partial charge on any atom is -0.313 e. The molecular weight excluding hydrogens is 152 g/mol. The molecule has 1 rings (SSSR count). The third kappa shape index (κ3) is 2.15. The highest BCUT2D eigenvalue weighted by molar-refractivity contribution is 6.21. The lowest BCUT2D eigenvalue weighted by Gasteiger charge is -2.06. The lowest BCUT2D eigenvalue weighted by Crippen LogP contribution is -2.27. The van der Waals surface area contributed by atoms with Crippen molar-refractivity contribution in [2.45, 2.75) is 25.3 Å². The highest BCUT2D eigenvalue weighted by Crippen LogP contribution is 2.07. The first-order chi connectivity index (χ1) is 4.83. The first-order valence-electron chi connectivity index (χ1n) is 3.46. The first kappa shape index (κ1) is 7.82. The SMILES string of the molecule is O=C(CC1CCCN1)NCl. The van der Waals surface area contributed by atoms with E-state index in [2.05, 4.69) is 10.2 Å². The molecule has 1 amide bonds. The third-order valence-corrected chi connectivity index (χ3v) is 1.91. The summed E-state index contributed by atoms with van der Waals surface area (Å²) in [5.41, 5.74) is 0. The quantitative estimate of drug-likeness (QED) is 0.578. The summed E-state index contributed by atoms with van der Waals surface area (Å²) in [7, 11) is 0. The molecule has 0 spiro atoms. The number of halogens is 1. The summed E-state index contributed by atoms with van der Waals surface area (Å²) in [6.07, 6.45) is 2.76. The van der Waals surface area contributed by atoms with Crippen molar-refractivity contribution >= 4 is 17.7 Å². The summed E-state index contributed by atoms with van der Waals surface area (Å²) in [4.78, 5) is 12.8. The zero-order chi connectivity index (χ0) is 7.40. The van der Waals surface area contributed by atoms with Crippen molar-refractivity contribution in [2.75, 3.05) is 6.54 Å². The maximum Gasteiger partial charge on any atom is 0.235 e. The van der Waals surface area contributed by atoms with Crippen molar-refractivity contribution in [3.63, 3.8) is 0 Å². The van der Waals surface area contributed by atoms with Crippen molar-refractivity contribution in [1.29, 1.82) is 0 Å². The first-order valence-corrected chi connectivity index (χ1v) is 3.83. The summed E-state index contributed by atoms with van der Waals surface area (Å²) < 4.78 is 0. The van der Waals surface area contributed by atoms with Gasteiger partial charge in [0.1, 0.15) is 0 Å². The van der Waals surface area contributed by atoms with E-state index < -0.39 is 0 Å². The van der Waals surface area contributed by atoms with Crippen molar-refractivity contribution in [3.05, 3.63) is 0 Å². The number of rotatable bonds is 2. The van der Waals surface area contributed by atoms with Gasteiger partial charge in [-0.1, -0.05) is 0 Å². The third-order valence-electron chi connectivity index (χ3n) is 1.70. The maximum absolute atomic E-state index is 10.7. The highest BCUT2D eigenvalue weighted by atomic mass is 35.5. The topological polar surface area (TPSA) is 41.1 Å². The van der Waals surface area contributed by atoms with Gasteiger partial charge in [0.2, 0.25) is 5.91 Å². The van der Waals surface area contributed by atoms with Crippen LogP contribution in [-0.2, 0) is 4.79 Å². The van der Waals surface area contributed by atoms with Crippen LogP contribution in [0.3, 0.4) is 0 Å². The molecule has 1 fully saturated rings. The van der Waals surface area contributed by atoms with E-state index in [1.807, 2.05) is 0 Å². The molecule has 0 aliphatic carbocycles. The Bertz CT molecular complexity index is 123. The number of carbonyl (C=O) groups excluding carboxylic acids is 1. The lowest BCUT2D eigenvalue weighted by molar-refractivity contribution is -0.119. The van der Waals surface area contributed by atoms with Gasteiger partial charge in [0.15, 0.2) is 0 Å². The van der Waals surface area contributed by atoms with Gasteiger partial charge < -0.3 is 5.32 Å². The molecule has 0 radical (unpaired) electrons. The number of carbonyl (C=O) groups is 1. The second-order valence-corrected chi connectivity index (χ2v) is 2.70. The Balaban J connectivity index is 2.17. The van der Waals surface area contributed by atoms with E-state index in [9.17, 15) is 4.79 Å². The smallest absolute Gasteiger partial charge is 0.235 e. The fourth-order valence-corrected chi connectivity index (χ4v) is 1.27. The van der Waals surface area contributed by atoms with E-state index in [0.29, 0.717) is 12.5 Å². The van der Waals surface area contributed by atoms with Gasteiger partial charge in [-0.15, -0.1) is 0 Å². The van der Waals surface area contributed by atoms with Gasteiger partial charge in [-0.25, -0.2) is 0 Å². The summed E-state index contributed by atoms with van der Waals surface area (Å²) in [6.45, 7) is 1.03. The van der Waals surface area contributed by atoms with Gasteiger partial charge in [0.25, 0.3) is 0 Å². The zero-order valence-electron chi connectivity index (χ0n) is 5.69. The minimum absolute atomic E-state index is 0.0962. The Labute approximate surface area is 65.2 Å². The van der Waals surface area contributed by atoms with E-state index in [1.165, 1.54) is 6.42 Å². The Hall–Kier alpha value is -0.280. The monoisotopic (exact) mass is 162 g/mol. The molecule has 0 aromatic rings. The predicted molar refractivity (Wildman–Crippen MR) is 39.6 cm³/mol. The van der Waals surface area contributed by atoms with Crippen LogP contribution in [0, 0.1) is 0 Å². The van der Waals surface area contributed by atoms with Crippen LogP contribution in [-0.4, -0.2) is 18.5 Å². The Morgan fingerprint density at radius 1 is 1.80 bits per heavy atom. The van der Waals surface area contributed by atoms with E-state index in [1.54, 1.807) is 0 Å². The molecule has 1 unspecified atom stereocenters. The fraction of sp³-hybridized carbons (Fsp3) is 0.833. The van der Waals surface area contributed by atoms with E-state index in [4.69, 9.17) is 11.8 Å². The molecule has 10 heavy (non-hydrogen) atoms.